The Morgan fingerprint density at radius 2 is 1.44 bits per heavy atom. The fraction of sp³-hybridized carbons (Fsp3) is 1.00. The molecule has 1 rings (SSSR count). The first kappa shape index (κ1) is 16.4. The number of rotatable bonds is 13. The third-order valence-corrected chi connectivity index (χ3v) is 4.59. The highest BCUT2D eigenvalue weighted by Gasteiger charge is 2.40. The molecule has 1 fully saturated rings. The largest absolute Gasteiger partial charge is 0.379 e. The molecule has 1 saturated carbocycles. The Balaban J connectivity index is 1.71. The van der Waals surface area contributed by atoms with Crippen LogP contribution >= 0.6 is 15.9 Å². The van der Waals surface area contributed by atoms with E-state index >= 15 is 0 Å². The highest BCUT2D eigenvalue weighted by molar-refractivity contribution is 9.09. The van der Waals surface area contributed by atoms with Gasteiger partial charge in [-0.3, -0.25) is 0 Å². The molecule has 0 amide bonds. The van der Waals surface area contributed by atoms with Crippen molar-refractivity contribution in [2.24, 2.45) is 5.41 Å². The van der Waals surface area contributed by atoms with Gasteiger partial charge in [0.05, 0.1) is 26.4 Å². The molecular formula is C14H27BrO3. The molecule has 4 heteroatoms. The summed E-state index contributed by atoms with van der Waals surface area (Å²) >= 11 is 3.57. The van der Waals surface area contributed by atoms with Crippen molar-refractivity contribution in [2.45, 2.75) is 39.0 Å². The van der Waals surface area contributed by atoms with E-state index in [1.807, 2.05) is 0 Å². The van der Waals surface area contributed by atoms with Crippen LogP contribution in [0, 0.1) is 5.41 Å². The molecule has 1 aliphatic rings. The fourth-order valence-electron chi connectivity index (χ4n) is 1.70. The van der Waals surface area contributed by atoms with Crippen molar-refractivity contribution in [3.05, 3.63) is 0 Å². The molecule has 0 spiro atoms. The molecule has 18 heavy (non-hydrogen) atoms. The van der Waals surface area contributed by atoms with E-state index < -0.39 is 0 Å². The lowest BCUT2D eigenvalue weighted by atomic mass is 10.1. The summed E-state index contributed by atoms with van der Waals surface area (Å²) in [5.74, 6) is 0. The van der Waals surface area contributed by atoms with Gasteiger partial charge >= 0.3 is 0 Å². The normalized spacial score (nSPS) is 17.0. The summed E-state index contributed by atoms with van der Waals surface area (Å²) in [6.45, 7) is 6.64. The van der Waals surface area contributed by atoms with Crippen LogP contribution < -0.4 is 0 Å². The Hall–Kier alpha value is 0.360. The molecule has 0 radical (unpaired) electrons. The Morgan fingerprint density at radius 1 is 0.889 bits per heavy atom. The van der Waals surface area contributed by atoms with E-state index in [2.05, 4.69) is 22.9 Å². The Morgan fingerprint density at radius 3 is 1.94 bits per heavy atom. The average molecular weight is 323 g/mol. The van der Waals surface area contributed by atoms with Gasteiger partial charge in [0, 0.05) is 18.5 Å². The molecule has 0 unspecified atom stereocenters. The van der Waals surface area contributed by atoms with Gasteiger partial charge in [-0.15, -0.1) is 0 Å². The van der Waals surface area contributed by atoms with Crippen LogP contribution in [0.2, 0.25) is 0 Å². The lowest BCUT2D eigenvalue weighted by Gasteiger charge is -2.11. The first-order valence-electron chi connectivity index (χ1n) is 7.12. The maximum Gasteiger partial charge on any atom is 0.0701 e. The molecule has 0 aromatic rings. The maximum absolute atomic E-state index is 5.57. The number of ether oxygens (including phenoxy) is 3. The summed E-state index contributed by atoms with van der Waals surface area (Å²) in [6, 6.07) is 0. The first-order chi connectivity index (χ1) is 8.83. The molecule has 3 nitrogen and oxygen atoms in total. The van der Waals surface area contributed by atoms with Gasteiger partial charge in [-0.05, 0) is 31.1 Å². The molecule has 0 bridgehead atoms. The summed E-state index contributed by atoms with van der Waals surface area (Å²) < 4.78 is 16.4. The topological polar surface area (TPSA) is 27.7 Å². The van der Waals surface area contributed by atoms with E-state index in [4.69, 9.17) is 14.2 Å². The number of alkyl halides is 1. The molecule has 0 aromatic heterocycles. The van der Waals surface area contributed by atoms with Crippen molar-refractivity contribution in [2.75, 3.05) is 45.0 Å². The van der Waals surface area contributed by atoms with E-state index in [1.54, 1.807) is 0 Å². The second-order valence-corrected chi connectivity index (χ2v) is 5.64. The molecule has 0 aliphatic heterocycles. The van der Waals surface area contributed by atoms with Crippen LogP contribution in [0.3, 0.4) is 0 Å². The lowest BCUT2D eigenvalue weighted by molar-refractivity contribution is 0.0117. The van der Waals surface area contributed by atoms with Crippen molar-refractivity contribution in [3.63, 3.8) is 0 Å². The number of hydrogen-bond acceptors (Lipinski definition) is 3. The van der Waals surface area contributed by atoms with Crippen LogP contribution in [-0.2, 0) is 14.2 Å². The van der Waals surface area contributed by atoms with Crippen molar-refractivity contribution >= 4 is 15.9 Å². The minimum absolute atomic E-state index is 0.563. The van der Waals surface area contributed by atoms with Crippen LogP contribution in [0.1, 0.15) is 39.0 Å². The van der Waals surface area contributed by atoms with Gasteiger partial charge in [0.25, 0.3) is 0 Å². The van der Waals surface area contributed by atoms with Crippen molar-refractivity contribution in [3.8, 4) is 0 Å². The van der Waals surface area contributed by atoms with Gasteiger partial charge < -0.3 is 14.2 Å². The number of hydrogen-bond donors (Lipinski definition) is 0. The fourth-order valence-corrected chi connectivity index (χ4v) is 2.55. The zero-order valence-corrected chi connectivity index (χ0v) is 13.2. The van der Waals surface area contributed by atoms with Crippen LogP contribution in [0.5, 0.6) is 0 Å². The van der Waals surface area contributed by atoms with E-state index in [-0.39, 0.29) is 0 Å². The van der Waals surface area contributed by atoms with Gasteiger partial charge in [0.1, 0.15) is 0 Å². The van der Waals surface area contributed by atoms with E-state index in [9.17, 15) is 0 Å². The van der Waals surface area contributed by atoms with E-state index in [1.165, 1.54) is 25.7 Å². The summed E-state index contributed by atoms with van der Waals surface area (Å²) in [7, 11) is 0. The van der Waals surface area contributed by atoms with Crippen LogP contribution in [0.25, 0.3) is 0 Å². The Bertz CT molecular complexity index is 195. The molecule has 0 atom stereocenters. The van der Waals surface area contributed by atoms with Crippen LogP contribution in [0.15, 0.2) is 0 Å². The van der Waals surface area contributed by atoms with Crippen LogP contribution in [-0.4, -0.2) is 45.0 Å². The number of halogens is 1. The number of unbranched alkanes of at least 4 members (excludes halogenated alkanes) is 1. The molecule has 1 aliphatic carbocycles. The lowest BCUT2D eigenvalue weighted by Crippen LogP contribution is -2.12. The van der Waals surface area contributed by atoms with Gasteiger partial charge in [-0.25, -0.2) is 0 Å². The van der Waals surface area contributed by atoms with Gasteiger partial charge in [-0.2, -0.15) is 0 Å². The molecule has 0 aromatic carbocycles. The summed E-state index contributed by atoms with van der Waals surface area (Å²) in [5.41, 5.74) is 0.563. The molecular weight excluding hydrogens is 296 g/mol. The van der Waals surface area contributed by atoms with Gasteiger partial charge in [0.2, 0.25) is 0 Å². The second kappa shape index (κ2) is 10.2. The predicted octanol–water partition coefficient (Wildman–Crippen LogP) is 3.40. The molecule has 0 N–H and O–H groups in total. The van der Waals surface area contributed by atoms with Gasteiger partial charge in [0.15, 0.2) is 0 Å². The minimum atomic E-state index is 0.563. The zero-order valence-electron chi connectivity index (χ0n) is 11.6. The standard InChI is InChI=1S/C14H27BrO3/c1-2-3-7-16-9-11-18-12-10-17-8-6-14(13-15)4-5-14/h2-13H2,1H3. The first-order valence-corrected chi connectivity index (χ1v) is 8.24. The maximum atomic E-state index is 5.57. The third-order valence-electron chi connectivity index (χ3n) is 3.40. The van der Waals surface area contributed by atoms with Crippen molar-refractivity contribution in [1.29, 1.82) is 0 Å². The molecule has 108 valence electrons. The molecule has 0 saturated heterocycles. The summed E-state index contributed by atoms with van der Waals surface area (Å²) in [6.07, 6.45) is 6.21. The van der Waals surface area contributed by atoms with Crippen LogP contribution in [0.4, 0.5) is 0 Å². The van der Waals surface area contributed by atoms with Gasteiger partial charge in [-0.1, -0.05) is 29.3 Å². The summed E-state index contributed by atoms with van der Waals surface area (Å²) in [4.78, 5) is 0. The Kier molecular flexibility index (Phi) is 9.29. The van der Waals surface area contributed by atoms with E-state index in [0.29, 0.717) is 31.8 Å². The quantitative estimate of drug-likeness (QED) is 0.384. The third kappa shape index (κ3) is 7.72. The average Bonchev–Trinajstić information content (AvgIpc) is 3.17. The highest BCUT2D eigenvalue weighted by Crippen LogP contribution is 2.49. The minimum Gasteiger partial charge on any atom is -0.379 e. The summed E-state index contributed by atoms with van der Waals surface area (Å²) in [5, 5.41) is 1.12. The SMILES string of the molecule is CCCCOCCOCCOCCC1(CBr)CC1. The zero-order chi connectivity index (χ0) is 13.1. The van der Waals surface area contributed by atoms with Crippen molar-refractivity contribution in [1.82, 2.24) is 0 Å². The van der Waals surface area contributed by atoms with E-state index in [0.717, 1.165) is 25.0 Å². The van der Waals surface area contributed by atoms with Crippen molar-refractivity contribution < 1.29 is 14.2 Å². The smallest absolute Gasteiger partial charge is 0.0701 e. The Labute approximate surface area is 120 Å². The molecule has 0 heterocycles. The second-order valence-electron chi connectivity index (χ2n) is 5.07. The highest BCUT2D eigenvalue weighted by atomic mass is 79.9. The predicted molar refractivity (Wildman–Crippen MR) is 77.4 cm³/mol. The monoisotopic (exact) mass is 322 g/mol.